The minimum absolute atomic E-state index is 0.169. The third-order valence-corrected chi connectivity index (χ3v) is 9.02. The van der Waals surface area contributed by atoms with Crippen LogP contribution in [0.1, 0.15) is 48.9 Å². The smallest absolute Gasteiger partial charge is 0.257 e. The van der Waals surface area contributed by atoms with E-state index in [9.17, 15) is 14.0 Å². The Labute approximate surface area is 270 Å². The van der Waals surface area contributed by atoms with Crippen LogP contribution in [0.2, 0.25) is 5.02 Å². The first-order chi connectivity index (χ1) is 22.4. The van der Waals surface area contributed by atoms with E-state index >= 15 is 0 Å². The van der Waals surface area contributed by atoms with Crippen molar-refractivity contribution in [3.63, 3.8) is 0 Å². The van der Waals surface area contributed by atoms with Gasteiger partial charge in [-0.1, -0.05) is 55.1 Å². The molecule has 0 aliphatic carbocycles. The molecule has 1 saturated heterocycles. The van der Waals surface area contributed by atoms with Gasteiger partial charge >= 0.3 is 0 Å². The molecule has 236 valence electrons. The summed E-state index contributed by atoms with van der Waals surface area (Å²) in [5, 5.41) is 13.4. The lowest BCUT2D eigenvalue weighted by Crippen LogP contribution is -2.46. The third-order valence-electron chi connectivity index (χ3n) is 8.72. The Bertz CT molecular complexity index is 1900. The van der Waals surface area contributed by atoms with Crippen LogP contribution >= 0.6 is 11.6 Å². The van der Waals surface area contributed by atoms with E-state index in [4.69, 9.17) is 21.4 Å². The summed E-state index contributed by atoms with van der Waals surface area (Å²) in [7, 11) is 0. The van der Waals surface area contributed by atoms with Crippen molar-refractivity contribution in [2.75, 3.05) is 13.1 Å². The minimum Gasteiger partial charge on any atom is -0.488 e. The van der Waals surface area contributed by atoms with Crippen molar-refractivity contribution in [3.8, 4) is 22.6 Å². The number of nitrogens with zero attached hydrogens (tertiary/aromatic N) is 5. The highest BCUT2D eigenvalue weighted by atomic mass is 35.5. The molecule has 2 aliphatic heterocycles. The van der Waals surface area contributed by atoms with E-state index in [0.29, 0.717) is 30.0 Å². The van der Waals surface area contributed by atoms with Crippen molar-refractivity contribution in [3.05, 3.63) is 95.7 Å². The van der Waals surface area contributed by atoms with E-state index in [0.717, 1.165) is 60.7 Å². The quantitative estimate of drug-likeness (QED) is 0.240. The number of carbonyl (C=O) groups is 2. The van der Waals surface area contributed by atoms with Crippen molar-refractivity contribution in [2.45, 2.75) is 57.2 Å². The number of halogens is 2. The normalized spacial score (nSPS) is 19.2. The second-order valence-corrected chi connectivity index (χ2v) is 12.3. The number of carbonyl (C=O) groups excluding carboxylic acids is 2. The highest BCUT2D eigenvalue weighted by Crippen LogP contribution is 2.32. The van der Waals surface area contributed by atoms with E-state index in [-0.39, 0.29) is 23.4 Å². The zero-order chi connectivity index (χ0) is 31.6. The molecule has 2 amide bonds. The number of aromatic nitrogens is 4. The van der Waals surface area contributed by atoms with E-state index in [1.807, 2.05) is 35.0 Å². The number of likely N-dealkylation sites (tertiary alicyclic amines) is 1. The number of hydrogen-bond acceptors (Lipinski definition) is 5. The van der Waals surface area contributed by atoms with Crippen molar-refractivity contribution in [1.82, 2.24) is 29.8 Å². The van der Waals surface area contributed by atoms with Crippen LogP contribution < -0.4 is 10.1 Å². The van der Waals surface area contributed by atoms with Gasteiger partial charge in [0.05, 0.1) is 34.5 Å². The molecule has 1 fully saturated rings. The van der Waals surface area contributed by atoms with Gasteiger partial charge in [-0.15, -0.1) is 0 Å². The lowest BCUT2D eigenvalue weighted by atomic mass is 10.0. The van der Waals surface area contributed by atoms with Gasteiger partial charge in [0, 0.05) is 37.3 Å². The lowest BCUT2D eigenvalue weighted by Gasteiger charge is -2.23. The molecule has 2 aromatic heterocycles. The van der Waals surface area contributed by atoms with E-state index < -0.39 is 18.0 Å². The number of benzene rings is 3. The average Bonchev–Trinajstić information content (AvgIpc) is 3.80. The summed E-state index contributed by atoms with van der Waals surface area (Å²) in [5.74, 6) is -0.344. The summed E-state index contributed by atoms with van der Waals surface area (Å²) in [5.41, 5.74) is 3.76. The fourth-order valence-corrected chi connectivity index (χ4v) is 6.65. The van der Waals surface area contributed by atoms with Gasteiger partial charge in [-0.25, -0.2) is 9.07 Å². The number of nitrogens with one attached hydrogen (secondary N) is 1. The lowest BCUT2D eigenvalue weighted by molar-refractivity contribution is -0.124. The molecule has 9 nitrogen and oxygen atoms in total. The first-order valence-corrected chi connectivity index (χ1v) is 16.1. The Morgan fingerprint density at radius 1 is 1.00 bits per heavy atom. The highest BCUT2D eigenvalue weighted by Gasteiger charge is 2.41. The van der Waals surface area contributed by atoms with Gasteiger partial charge in [0.25, 0.3) is 5.91 Å². The van der Waals surface area contributed by atoms with Crippen LogP contribution in [0, 0.1) is 5.82 Å². The Hall–Kier alpha value is -4.70. The Kier molecular flexibility index (Phi) is 8.45. The average molecular weight is 641 g/mol. The molecule has 46 heavy (non-hydrogen) atoms. The first-order valence-electron chi connectivity index (χ1n) is 15.7. The number of fused-ring (bicyclic) bond motifs is 6. The number of hydrogen-bond donors (Lipinski definition) is 1. The standard InChI is InChI=1S/C35H34ClFN6O3/c36-30-17-25(37)12-13-32(30)43-20-24(19-39-43)35(45)42-21-27-18-33(42)34(44)38-14-4-2-1-3-5-15-41-22-29-28(10-7-11-31(29)40-41)23-8-6-9-26(16-23)46-27/h6-13,16-17,19-20,22,27,33H,1-5,14-15,18,21H2,(H,38,44)/t27-,33-/m0/s1. The van der Waals surface area contributed by atoms with Gasteiger partial charge in [0.2, 0.25) is 5.91 Å². The maximum Gasteiger partial charge on any atom is 0.257 e. The molecule has 2 aliphatic rings. The van der Waals surface area contributed by atoms with Gasteiger partial charge in [-0.05, 0) is 60.4 Å². The second kappa shape index (κ2) is 13.0. The fraction of sp³-hybridized carbons (Fsp3) is 0.314. The predicted molar refractivity (Wildman–Crippen MR) is 174 cm³/mol. The summed E-state index contributed by atoms with van der Waals surface area (Å²) in [6.45, 7) is 1.63. The van der Waals surface area contributed by atoms with Gasteiger partial charge in [-0.2, -0.15) is 10.2 Å². The number of aryl methyl sites for hydroxylation is 1. The van der Waals surface area contributed by atoms with Crippen LogP contribution in [0.25, 0.3) is 27.7 Å². The summed E-state index contributed by atoms with van der Waals surface area (Å²) >= 11 is 6.24. The van der Waals surface area contributed by atoms with Crippen molar-refractivity contribution < 1.29 is 18.7 Å². The summed E-state index contributed by atoms with van der Waals surface area (Å²) in [6.07, 6.45) is 10.1. The van der Waals surface area contributed by atoms with Crippen LogP contribution in [-0.4, -0.2) is 61.5 Å². The van der Waals surface area contributed by atoms with Crippen molar-refractivity contribution >= 4 is 34.3 Å². The Balaban J connectivity index is 1.17. The SMILES string of the molecule is O=C1NCCCCCCCn2cc3c(cccc3n2)-c2cccc(c2)O[C@H]2C[C@@H]1N(C(=O)c1cnn(-c3ccc(F)cc3Cl)c1)C2. The molecule has 1 N–H and O–H groups in total. The van der Waals surface area contributed by atoms with Gasteiger partial charge in [0.15, 0.2) is 0 Å². The Morgan fingerprint density at radius 2 is 1.85 bits per heavy atom. The third kappa shape index (κ3) is 6.22. The van der Waals surface area contributed by atoms with Crippen LogP contribution in [0.3, 0.4) is 0 Å². The zero-order valence-corrected chi connectivity index (χ0v) is 26.0. The predicted octanol–water partition coefficient (Wildman–Crippen LogP) is 6.42. The van der Waals surface area contributed by atoms with Crippen molar-refractivity contribution in [2.24, 2.45) is 0 Å². The molecule has 6 bridgehead atoms. The van der Waals surface area contributed by atoms with Gasteiger partial charge in [-0.3, -0.25) is 14.3 Å². The molecular formula is C35H34ClFN6O3. The molecule has 7 rings (SSSR count). The topological polar surface area (TPSA) is 94.3 Å². The summed E-state index contributed by atoms with van der Waals surface area (Å²) in [6, 6.07) is 17.3. The number of amides is 2. The van der Waals surface area contributed by atoms with Crippen LogP contribution in [0.5, 0.6) is 5.75 Å². The maximum atomic E-state index is 13.9. The second-order valence-electron chi connectivity index (χ2n) is 11.9. The zero-order valence-electron chi connectivity index (χ0n) is 25.2. The minimum atomic E-state index is -0.705. The van der Waals surface area contributed by atoms with Crippen LogP contribution in [0.15, 0.2) is 79.3 Å². The molecule has 0 saturated carbocycles. The highest BCUT2D eigenvalue weighted by molar-refractivity contribution is 6.32. The van der Waals surface area contributed by atoms with Crippen LogP contribution in [0.4, 0.5) is 4.39 Å². The molecule has 0 unspecified atom stereocenters. The largest absolute Gasteiger partial charge is 0.488 e. The monoisotopic (exact) mass is 640 g/mol. The molecule has 2 atom stereocenters. The summed E-state index contributed by atoms with van der Waals surface area (Å²) < 4.78 is 23.5. The van der Waals surface area contributed by atoms with Crippen molar-refractivity contribution in [1.29, 1.82) is 0 Å². The number of rotatable bonds is 2. The van der Waals surface area contributed by atoms with Gasteiger partial charge < -0.3 is 15.0 Å². The van der Waals surface area contributed by atoms with E-state index in [2.05, 4.69) is 28.7 Å². The molecule has 4 heterocycles. The molecule has 0 spiro atoms. The molecular weight excluding hydrogens is 607 g/mol. The molecule has 0 radical (unpaired) electrons. The van der Waals surface area contributed by atoms with E-state index in [1.165, 1.54) is 29.1 Å². The molecule has 3 aromatic carbocycles. The first kappa shape index (κ1) is 30.0. The molecule has 5 aromatic rings. The van der Waals surface area contributed by atoms with Crippen LogP contribution in [-0.2, 0) is 11.3 Å². The van der Waals surface area contributed by atoms with Gasteiger partial charge in [0.1, 0.15) is 23.7 Å². The number of ether oxygens (including phenoxy) is 1. The summed E-state index contributed by atoms with van der Waals surface area (Å²) in [4.78, 5) is 28.9. The maximum absolute atomic E-state index is 13.9. The Morgan fingerprint density at radius 3 is 2.74 bits per heavy atom. The van der Waals surface area contributed by atoms with E-state index in [1.54, 1.807) is 11.1 Å². The molecule has 11 heteroatoms. The fourth-order valence-electron chi connectivity index (χ4n) is 6.40.